The van der Waals surface area contributed by atoms with Crippen LogP contribution in [0.5, 0.6) is 0 Å². The highest BCUT2D eigenvalue weighted by molar-refractivity contribution is 5.96. The number of hydrogen-bond acceptors (Lipinski definition) is 3. The average molecular weight is 222 g/mol. The second kappa shape index (κ2) is 5.60. The summed E-state index contributed by atoms with van der Waals surface area (Å²) >= 11 is 0. The topological polar surface area (TPSA) is 46.3 Å². The lowest BCUT2D eigenvalue weighted by Crippen LogP contribution is -2.42. The van der Waals surface area contributed by atoms with E-state index < -0.39 is 0 Å². The van der Waals surface area contributed by atoms with Crippen LogP contribution in [0.4, 0.5) is 0 Å². The van der Waals surface area contributed by atoms with E-state index in [2.05, 4.69) is 11.0 Å². The summed E-state index contributed by atoms with van der Waals surface area (Å²) in [6.45, 7) is 2.58. The summed E-state index contributed by atoms with van der Waals surface area (Å²) in [5.41, 5.74) is 6.92. The quantitative estimate of drug-likeness (QED) is 0.786. The molecule has 0 atom stereocenters. The van der Waals surface area contributed by atoms with E-state index >= 15 is 0 Å². The van der Waals surface area contributed by atoms with E-state index in [0.717, 1.165) is 44.3 Å². The molecule has 0 spiro atoms. The summed E-state index contributed by atoms with van der Waals surface area (Å²) in [6, 6.07) is 0.347. The molecule has 0 aromatic rings. The van der Waals surface area contributed by atoms with Gasteiger partial charge in [-0.05, 0) is 44.1 Å². The highest BCUT2D eigenvalue weighted by Gasteiger charge is 2.20. The number of nitrogens with two attached hydrogens (primary N) is 1. The summed E-state index contributed by atoms with van der Waals surface area (Å²) in [5.74, 6) is 0.343. The largest absolute Gasteiger partial charge is 0.328 e. The van der Waals surface area contributed by atoms with Crippen molar-refractivity contribution in [3.05, 3.63) is 11.6 Å². The number of rotatable bonds is 3. The third-order valence-corrected chi connectivity index (χ3v) is 3.65. The number of carbonyl (C=O) groups is 1. The molecule has 2 rings (SSSR count). The molecule has 0 radical (unpaired) electrons. The van der Waals surface area contributed by atoms with Crippen molar-refractivity contribution in [2.24, 2.45) is 5.73 Å². The molecule has 1 fully saturated rings. The Morgan fingerprint density at radius 2 is 2.12 bits per heavy atom. The van der Waals surface area contributed by atoms with Gasteiger partial charge in [0.05, 0.1) is 6.54 Å². The zero-order valence-corrected chi connectivity index (χ0v) is 9.95. The van der Waals surface area contributed by atoms with Gasteiger partial charge in [-0.25, -0.2) is 0 Å². The molecular weight excluding hydrogens is 200 g/mol. The Hall–Kier alpha value is -0.670. The van der Waals surface area contributed by atoms with E-state index in [4.69, 9.17) is 5.73 Å². The van der Waals surface area contributed by atoms with Gasteiger partial charge in [-0.15, -0.1) is 0 Å². The molecule has 0 saturated carbocycles. The minimum absolute atomic E-state index is 0.343. The molecule has 0 unspecified atom stereocenters. The van der Waals surface area contributed by atoms with Crippen LogP contribution in [-0.2, 0) is 4.79 Å². The Labute approximate surface area is 97.7 Å². The predicted molar refractivity (Wildman–Crippen MR) is 65.2 cm³/mol. The maximum atomic E-state index is 12.0. The van der Waals surface area contributed by atoms with E-state index in [-0.39, 0.29) is 0 Å². The molecule has 16 heavy (non-hydrogen) atoms. The Balaban J connectivity index is 1.80. The van der Waals surface area contributed by atoms with Gasteiger partial charge in [-0.3, -0.25) is 9.69 Å². The lowest BCUT2D eigenvalue weighted by Gasteiger charge is -2.29. The minimum Gasteiger partial charge on any atom is -0.328 e. The van der Waals surface area contributed by atoms with Crippen LogP contribution in [0.25, 0.3) is 0 Å². The third kappa shape index (κ3) is 3.16. The Kier molecular flexibility index (Phi) is 4.13. The Bertz CT molecular complexity index is 278. The molecule has 3 heteroatoms. The van der Waals surface area contributed by atoms with Crippen LogP contribution in [-0.4, -0.2) is 36.4 Å². The van der Waals surface area contributed by atoms with Gasteiger partial charge in [0.1, 0.15) is 0 Å². The van der Waals surface area contributed by atoms with Crippen molar-refractivity contribution in [2.75, 3.05) is 19.6 Å². The molecule has 2 N–H and O–H groups in total. The van der Waals surface area contributed by atoms with Crippen molar-refractivity contribution < 1.29 is 4.79 Å². The van der Waals surface area contributed by atoms with Crippen LogP contribution in [0.2, 0.25) is 0 Å². The molecule has 0 bridgehead atoms. The lowest BCUT2D eigenvalue weighted by molar-refractivity contribution is -0.117. The van der Waals surface area contributed by atoms with E-state index in [1.165, 1.54) is 12.8 Å². The van der Waals surface area contributed by atoms with Crippen LogP contribution in [0, 0.1) is 0 Å². The molecular formula is C13H22N2O. The first-order valence-corrected chi connectivity index (χ1v) is 6.46. The lowest BCUT2D eigenvalue weighted by atomic mass is 9.95. The first kappa shape index (κ1) is 11.8. The van der Waals surface area contributed by atoms with Gasteiger partial charge in [0, 0.05) is 19.1 Å². The van der Waals surface area contributed by atoms with Gasteiger partial charge in [0.25, 0.3) is 0 Å². The van der Waals surface area contributed by atoms with Gasteiger partial charge in [0.2, 0.25) is 0 Å². The van der Waals surface area contributed by atoms with Gasteiger partial charge in [-0.2, -0.15) is 0 Å². The highest BCUT2D eigenvalue weighted by Crippen LogP contribution is 2.19. The van der Waals surface area contributed by atoms with E-state index in [1.807, 2.05) is 0 Å². The van der Waals surface area contributed by atoms with Crippen molar-refractivity contribution in [1.82, 2.24) is 4.90 Å². The zero-order chi connectivity index (χ0) is 11.4. The minimum atomic E-state index is 0.343. The van der Waals surface area contributed by atoms with Crippen molar-refractivity contribution >= 4 is 5.78 Å². The molecule has 3 nitrogen and oxygen atoms in total. The Morgan fingerprint density at radius 3 is 2.75 bits per heavy atom. The fourth-order valence-corrected chi connectivity index (χ4v) is 2.51. The summed E-state index contributed by atoms with van der Waals surface area (Å²) in [6.07, 6.45) is 8.72. The van der Waals surface area contributed by atoms with Crippen LogP contribution in [0.1, 0.15) is 38.5 Å². The fourth-order valence-electron chi connectivity index (χ4n) is 2.51. The van der Waals surface area contributed by atoms with Crippen molar-refractivity contribution in [3.8, 4) is 0 Å². The second-order valence-corrected chi connectivity index (χ2v) is 5.01. The molecule has 1 aliphatic carbocycles. The molecule has 1 heterocycles. The monoisotopic (exact) mass is 222 g/mol. The van der Waals surface area contributed by atoms with Crippen molar-refractivity contribution in [3.63, 3.8) is 0 Å². The molecule has 2 aliphatic rings. The standard InChI is InChI=1S/C13H22N2O/c14-12-6-8-15(9-7-12)10-13(16)11-4-2-1-3-5-11/h4,12H,1-3,5-10,14H2. The molecule has 0 aromatic heterocycles. The number of likely N-dealkylation sites (tertiary alicyclic amines) is 1. The van der Waals surface area contributed by atoms with Crippen LogP contribution in [0.15, 0.2) is 11.6 Å². The maximum Gasteiger partial charge on any atom is 0.172 e. The Morgan fingerprint density at radius 1 is 1.38 bits per heavy atom. The SMILES string of the molecule is NC1CCN(CC(=O)C2=CCCCC2)CC1. The highest BCUT2D eigenvalue weighted by atomic mass is 16.1. The first-order chi connectivity index (χ1) is 7.75. The molecule has 0 amide bonds. The molecule has 90 valence electrons. The second-order valence-electron chi connectivity index (χ2n) is 5.01. The smallest absolute Gasteiger partial charge is 0.172 e. The number of ketones is 1. The predicted octanol–water partition coefficient (Wildman–Crippen LogP) is 1.48. The summed E-state index contributed by atoms with van der Waals surface area (Å²) in [5, 5.41) is 0. The van der Waals surface area contributed by atoms with Gasteiger partial charge >= 0.3 is 0 Å². The molecule has 1 saturated heterocycles. The van der Waals surface area contributed by atoms with E-state index in [1.54, 1.807) is 0 Å². The van der Waals surface area contributed by atoms with Crippen molar-refractivity contribution in [2.45, 2.75) is 44.6 Å². The van der Waals surface area contributed by atoms with E-state index in [0.29, 0.717) is 18.4 Å². The number of hydrogen-bond donors (Lipinski definition) is 1. The van der Waals surface area contributed by atoms with Crippen LogP contribution < -0.4 is 5.73 Å². The van der Waals surface area contributed by atoms with E-state index in [9.17, 15) is 4.79 Å². The average Bonchev–Trinajstić information content (AvgIpc) is 2.33. The van der Waals surface area contributed by atoms with Gasteiger partial charge in [-0.1, -0.05) is 6.08 Å². The summed E-state index contributed by atoms with van der Waals surface area (Å²) < 4.78 is 0. The number of piperidine rings is 1. The summed E-state index contributed by atoms with van der Waals surface area (Å²) in [4.78, 5) is 14.3. The van der Waals surface area contributed by atoms with Crippen molar-refractivity contribution in [1.29, 1.82) is 0 Å². The zero-order valence-electron chi connectivity index (χ0n) is 9.95. The number of Topliss-reactive ketones (excluding diaryl/α,β-unsaturated/α-hetero) is 1. The van der Waals surface area contributed by atoms with Crippen LogP contribution in [0.3, 0.4) is 0 Å². The third-order valence-electron chi connectivity index (χ3n) is 3.65. The van der Waals surface area contributed by atoms with Gasteiger partial charge in [0.15, 0.2) is 5.78 Å². The fraction of sp³-hybridized carbons (Fsp3) is 0.769. The molecule has 0 aromatic carbocycles. The number of nitrogens with zero attached hydrogens (tertiary/aromatic N) is 1. The van der Waals surface area contributed by atoms with Gasteiger partial charge < -0.3 is 5.73 Å². The normalized spacial score (nSPS) is 24.2. The van der Waals surface area contributed by atoms with Crippen LogP contribution >= 0.6 is 0 Å². The summed E-state index contributed by atoms with van der Waals surface area (Å²) in [7, 11) is 0. The first-order valence-electron chi connectivity index (χ1n) is 6.46. The number of allylic oxidation sites excluding steroid dienone is 1. The maximum absolute atomic E-state index is 12.0. The molecule has 1 aliphatic heterocycles. The number of carbonyl (C=O) groups excluding carboxylic acids is 1.